The molecule has 5 rings (SSSR count). The van der Waals surface area contributed by atoms with Crippen LogP contribution < -0.4 is 10.1 Å². The first-order valence-corrected chi connectivity index (χ1v) is 11.8. The Kier molecular flexibility index (Phi) is 5.88. The number of nitrogens with zero attached hydrogens (tertiary/aromatic N) is 3. The van der Waals surface area contributed by atoms with Crippen molar-refractivity contribution in [1.29, 1.82) is 0 Å². The van der Waals surface area contributed by atoms with Crippen molar-refractivity contribution in [3.63, 3.8) is 0 Å². The summed E-state index contributed by atoms with van der Waals surface area (Å²) in [6.45, 7) is 1.91. The lowest BCUT2D eigenvalue weighted by Crippen LogP contribution is -2.51. The van der Waals surface area contributed by atoms with Gasteiger partial charge < -0.3 is 14.8 Å². The van der Waals surface area contributed by atoms with Gasteiger partial charge in [0.05, 0.1) is 28.8 Å². The van der Waals surface area contributed by atoms with E-state index in [1.54, 1.807) is 29.1 Å². The summed E-state index contributed by atoms with van der Waals surface area (Å²) in [6, 6.07) is 7.32. The molecule has 6 nitrogen and oxygen atoms in total. The summed E-state index contributed by atoms with van der Waals surface area (Å²) in [5.74, 6) is -3.30. The van der Waals surface area contributed by atoms with Crippen LogP contribution in [0, 0.1) is 5.82 Å². The van der Waals surface area contributed by atoms with Crippen LogP contribution in [0.15, 0.2) is 36.5 Å². The largest absolute Gasteiger partial charge is 0.489 e. The molecular weight excluding hydrogens is 477 g/mol. The second-order valence-electron chi connectivity index (χ2n) is 8.49. The topological polar surface area (TPSA) is 61.2 Å². The molecule has 0 amide bonds. The molecule has 11 heteroatoms. The molecule has 3 atom stereocenters. The Hall–Kier alpha value is -2.14. The number of thiophene rings is 1. The zero-order valence-electron chi connectivity index (χ0n) is 17.7. The van der Waals surface area contributed by atoms with Crippen molar-refractivity contribution in [3.05, 3.63) is 62.8 Å². The normalized spacial score (nSPS) is 26.3. The fraction of sp³-hybridized carbons (Fsp3) is 0.455. The van der Waals surface area contributed by atoms with Gasteiger partial charge in [-0.3, -0.25) is 0 Å². The minimum atomic E-state index is -3.06. The van der Waals surface area contributed by atoms with Gasteiger partial charge in [0.2, 0.25) is 0 Å². The Morgan fingerprint density at radius 2 is 2.15 bits per heavy atom. The van der Waals surface area contributed by atoms with E-state index in [0.717, 1.165) is 11.3 Å². The molecule has 3 aromatic rings. The zero-order valence-corrected chi connectivity index (χ0v) is 19.3. The number of rotatable bonds is 5. The molecule has 1 saturated heterocycles. The van der Waals surface area contributed by atoms with Gasteiger partial charge in [-0.15, -0.1) is 16.4 Å². The average molecular weight is 499 g/mol. The van der Waals surface area contributed by atoms with Crippen molar-refractivity contribution in [2.24, 2.45) is 0 Å². The van der Waals surface area contributed by atoms with E-state index in [0.29, 0.717) is 34.3 Å². The van der Waals surface area contributed by atoms with Crippen LogP contribution >= 0.6 is 22.9 Å². The van der Waals surface area contributed by atoms with Gasteiger partial charge in [-0.1, -0.05) is 28.9 Å². The number of piperidine rings is 1. The second-order valence-corrected chi connectivity index (χ2v) is 10.2. The number of benzene rings is 1. The van der Waals surface area contributed by atoms with Gasteiger partial charge in [-0.2, -0.15) is 8.78 Å². The summed E-state index contributed by atoms with van der Waals surface area (Å²) < 4.78 is 56.0. The van der Waals surface area contributed by atoms with Gasteiger partial charge in [0, 0.05) is 22.9 Å². The Morgan fingerprint density at radius 3 is 2.97 bits per heavy atom. The predicted octanol–water partition coefficient (Wildman–Crippen LogP) is 5.04. The van der Waals surface area contributed by atoms with Gasteiger partial charge in [-0.25, -0.2) is 9.07 Å². The SMILES string of the molecule is C[C@H]1C[C@@]2(C[C@@H](c3cn(CCOc4ccccc4F)nn3)N1)OCC(F)(F)c1cc(Cl)sc12. The van der Waals surface area contributed by atoms with Crippen molar-refractivity contribution in [1.82, 2.24) is 20.3 Å². The highest BCUT2D eigenvalue weighted by atomic mass is 35.5. The lowest BCUT2D eigenvalue weighted by atomic mass is 9.78. The van der Waals surface area contributed by atoms with Crippen molar-refractivity contribution < 1.29 is 22.6 Å². The molecule has 4 heterocycles. The number of para-hydroxylation sites is 1. The van der Waals surface area contributed by atoms with Crippen LogP contribution in [-0.2, 0) is 22.8 Å². The minimum Gasteiger partial charge on any atom is -0.489 e. The summed E-state index contributed by atoms with van der Waals surface area (Å²) in [5, 5.41) is 11.9. The van der Waals surface area contributed by atoms with Gasteiger partial charge in [-0.05, 0) is 31.5 Å². The molecule has 1 N–H and O–H groups in total. The molecule has 0 radical (unpaired) electrons. The van der Waals surface area contributed by atoms with E-state index in [9.17, 15) is 13.2 Å². The maximum atomic E-state index is 14.5. The van der Waals surface area contributed by atoms with Gasteiger partial charge in [0.15, 0.2) is 11.6 Å². The molecule has 2 aliphatic rings. The summed E-state index contributed by atoms with van der Waals surface area (Å²) in [6.07, 6.45) is 2.77. The fourth-order valence-corrected chi connectivity index (χ4v) is 6.04. The highest BCUT2D eigenvalue weighted by molar-refractivity contribution is 7.16. The van der Waals surface area contributed by atoms with Crippen LogP contribution in [0.1, 0.15) is 41.9 Å². The number of halogens is 4. The number of nitrogens with one attached hydrogen (secondary N) is 1. The van der Waals surface area contributed by atoms with Crippen molar-refractivity contribution in [3.8, 4) is 5.75 Å². The quantitative estimate of drug-likeness (QED) is 0.534. The molecule has 1 spiro atoms. The summed E-state index contributed by atoms with van der Waals surface area (Å²) in [5.41, 5.74) is -0.218. The Morgan fingerprint density at radius 1 is 1.33 bits per heavy atom. The third-order valence-electron chi connectivity index (χ3n) is 6.02. The average Bonchev–Trinajstić information content (AvgIpc) is 3.40. The lowest BCUT2D eigenvalue weighted by Gasteiger charge is -2.47. The zero-order chi connectivity index (χ0) is 23.2. The van der Waals surface area contributed by atoms with Gasteiger partial charge in [0.1, 0.15) is 18.8 Å². The van der Waals surface area contributed by atoms with E-state index in [1.165, 1.54) is 12.1 Å². The van der Waals surface area contributed by atoms with E-state index in [-0.39, 0.29) is 30.0 Å². The van der Waals surface area contributed by atoms with Crippen LogP contribution in [0.5, 0.6) is 5.75 Å². The van der Waals surface area contributed by atoms with E-state index in [2.05, 4.69) is 15.6 Å². The fourth-order valence-electron chi connectivity index (χ4n) is 4.60. The smallest absolute Gasteiger partial charge is 0.297 e. The van der Waals surface area contributed by atoms with E-state index in [4.69, 9.17) is 21.1 Å². The maximum absolute atomic E-state index is 14.5. The van der Waals surface area contributed by atoms with Gasteiger partial charge in [0.25, 0.3) is 5.92 Å². The molecular formula is C22H22ClF3N4O2S. The Labute approximate surface area is 197 Å². The standard InChI is InChI=1S/C22H22ClF3N4O2S/c1-13-9-21(20-14(8-19(23)33-20)22(25,26)12-32-21)10-16(27-13)17-11-30(29-28-17)6-7-31-18-5-3-2-4-15(18)24/h2-5,8,11,13,16,27H,6-7,9-10,12H2,1H3/t13-,16-,21-/m0/s1. The van der Waals surface area contributed by atoms with Crippen LogP contribution in [0.3, 0.4) is 0 Å². The minimum absolute atomic E-state index is 0.00117. The molecule has 0 aliphatic carbocycles. The lowest BCUT2D eigenvalue weighted by molar-refractivity contribution is -0.183. The predicted molar refractivity (Wildman–Crippen MR) is 117 cm³/mol. The molecule has 1 fully saturated rings. The maximum Gasteiger partial charge on any atom is 0.297 e. The summed E-state index contributed by atoms with van der Waals surface area (Å²) in [4.78, 5) is 0.493. The van der Waals surface area contributed by atoms with Crippen LogP contribution in [-0.4, -0.2) is 34.2 Å². The van der Waals surface area contributed by atoms with Crippen LogP contribution in [0.4, 0.5) is 13.2 Å². The number of aromatic nitrogens is 3. The first-order chi connectivity index (χ1) is 15.8. The van der Waals surface area contributed by atoms with Crippen LogP contribution in [0.25, 0.3) is 0 Å². The van der Waals surface area contributed by atoms with E-state index >= 15 is 0 Å². The molecule has 0 bridgehead atoms. The molecule has 0 unspecified atom stereocenters. The molecule has 2 aromatic heterocycles. The monoisotopic (exact) mass is 498 g/mol. The number of fused-ring (bicyclic) bond motifs is 2. The molecule has 33 heavy (non-hydrogen) atoms. The first-order valence-electron chi connectivity index (χ1n) is 10.6. The first kappa shape index (κ1) is 22.6. The molecule has 176 valence electrons. The summed E-state index contributed by atoms with van der Waals surface area (Å²) >= 11 is 7.29. The van der Waals surface area contributed by atoms with E-state index < -0.39 is 23.9 Å². The third-order valence-corrected chi connectivity index (χ3v) is 7.47. The summed E-state index contributed by atoms with van der Waals surface area (Å²) in [7, 11) is 0. The molecule has 0 saturated carbocycles. The molecule has 1 aromatic carbocycles. The number of hydrogen-bond donors (Lipinski definition) is 1. The van der Waals surface area contributed by atoms with Crippen LogP contribution in [0.2, 0.25) is 4.34 Å². The second kappa shape index (κ2) is 8.57. The Balaban J connectivity index is 1.32. The van der Waals surface area contributed by atoms with E-state index in [1.807, 2.05) is 6.92 Å². The number of alkyl halides is 2. The van der Waals surface area contributed by atoms with Crippen molar-refractivity contribution in [2.75, 3.05) is 13.2 Å². The number of hydrogen-bond acceptors (Lipinski definition) is 6. The highest BCUT2D eigenvalue weighted by Crippen LogP contribution is 2.54. The third kappa shape index (κ3) is 4.37. The van der Waals surface area contributed by atoms with Crippen molar-refractivity contribution in [2.45, 2.75) is 49.9 Å². The Bertz CT molecular complexity index is 1160. The van der Waals surface area contributed by atoms with Crippen molar-refractivity contribution >= 4 is 22.9 Å². The molecule has 2 aliphatic heterocycles. The highest BCUT2D eigenvalue weighted by Gasteiger charge is 2.53. The van der Waals surface area contributed by atoms with Gasteiger partial charge >= 0.3 is 0 Å². The number of ether oxygens (including phenoxy) is 2.